The predicted octanol–water partition coefficient (Wildman–Crippen LogP) is 4.26. The number of rotatable bonds is 0. The summed E-state index contributed by atoms with van der Waals surface area (Å²) in [5.41, 5.74) is 1.92. The van der Waals surface area contributed by atoms with Crippen molar-refractivity contribution in [2.45, 2.75) is 71.0 Å². The van der Waals surface area contributed by atoms with Crippen LogP contribution in [-0.4, -0.2) is 24.8 Å². The molecule has 3 saturated carbocycles. The average molecular weight is 330 g/mol. The molecule has 0 aromatic carbocycles. The van der Waals surface area contributed by atoms with Crippen molar-refractivity contribution < 1.29 is 14.3 Å². The van der Waals surface area contributed by atoms with Crippen LogP contribution in [0.4, 0.5) is 0 Å². The van der Waals surface area contributed by atoms with Gasteiger partial charge in [-0.05, 0) is 67.8 Å². The van der Waals surface area contributed by atoms with Crippen LogP contribution < -0.4 is 0 Å². The minimum absolute atomic E-state index is 0.187. The summed E-state index contributed by atoms with van der Waals surface area (Å²) in [5, 5.41) is 0. The molecule has 3 heteroatoms. The minimum atomic E-state index is -0.289. The molecule has 1 aliphatic heterocycles. The zero-order chi connectivity index (χ0) is 16.6. The molecule has 0 amide bonds. The number of carbonyl (C=O) groups excluding carboxylic acids is 1. The lowest BCUT2D eigenvalue weighted by Gasteiger charge is -2.58. The van der Waals surface area contributed by atoms with Gasteiger partial charge in [0.15, 0.2) is 11.6 Å². The topological polar surface area (TPSA) is 35.5 Å². The normalized spacial score (nSPS) is 49.5. The van der Waals surface area contributed by atoms with E-state index in [1.54, 1.807) is 0 Å². The second-order valence-corrected chi connectivity index (χ2v) is 9.41. The maximum absolute atomic E-state index is 11.9. The van der Waals surface area contributed by atoms with Gasteiger partial charge in [-0.2, -0.15) is 0 Å². The Bertz CT molecular complexity index is 602. The third-order valence-corrected chi connectivity index (χ3v) is 8.76. The Kier molecular flexibility index (Phi) is 3.21. The summed E-state index contributed by atoms with van der Waals surface area (Å²) < 4.78 is 12.4. The Morgan fingerprint density at radius 2 is 1.71 bits per heavy atom. The molecule has 0 aromatic heterocycles. The molecule has 0 radical (unpaired) electrons. The molecule has 24 heavy (non-hydrogen) atoms. The van der Waals surface area contributed by atoms with Gasteiger partial charge in [0.2, 0.25) is 0 Å². The minimum Gasteiger partial charge on any atom is -0.347 e. The SMILES string of the molecule is C[C@]12CCC(=O)C=C1CCC1[C@@H]2CC[C@@]2(C)[C@H]1CCC21OCCO1. The molecule has 132 valence electrons. The Hall–Kier alpha value is -0.670. The van der Waals surface area contributed by atoms with Gasteiger partial charge in [0.1, 0.15) is 0 Å². The van der Waals surface area contributed by atoms with Crippen LogP contribution in [0, 0.1) is 28.6 Å². The monoisotopic (exact) mass is 330 g/mol. The number of hydrogen-bond donors (Lipinski definition) is 0. The van der Waals surface area contributed by atoms with Gasteiger partial charge in [-0.3, -0.25) is 4.79 Å². The van der Waals surface area contributed by atoms with Crippen molar-refractivity contribution in [2.75, 3.05) is 13.2 Å². The Labute approximate surface area is 145 Å². The number of ketones is 1. The van der Waals surface area contributed by atoms with Gasteiger partial charge in [-0.1, -0.05) is 19.4 Å². The first-order valence-electron chi connectivity index (χ1n) is 10.0. The van der Waals surface area contributed by atoms with Gasteiger partial charge in [-0.15, -0.1) is 0 Å². The molecule has 5 rings (SSSR count). The highest BCUT2D eigenvalue weighted by Crippen LogP contribution is 2.68. The van der Waals surface area contributed by atoms with E-state index in [1.807, 2.05) is 6.08 Å². The third kappa shape index (κ3) is 1.78. The van der Waals surface area contributed by atoms with Crippen molar-refractivity contribution in [3.8, 4) is 0 Å². The molecule has 1 saturated heterocycles. The second kappa shape index (κ2) is 4.94. The first-order valence-corrected chi connectivity index (χ1v) is 10.0. The molecule has 1 unspecified atom stereocenters. The number of hydrogen-bond acceptors (Lipinski definition) is 3. The van der Waals surface area contributed by atoms with Gasteiger partial charge < -0.3 is 9.47 Å². The number of ether oxygens (including phenoxy) is 2. The van der Waals surface area contributed by atoms with Crippen LogP contribution in [-0.2, 0) is 14.3 Å². The van der Waals surface area contributed by atoms with Gasteiger partial charge in [0, 0.05) is 18.3 Å². The summed E-state index contributed by atoms with van der Waals surface area (Å²) in [6, 6.07) is 0. The molecular weight excluding hydrogens is 300 g/mol. The van der Waals surface area contributed by atoms with Crippen LogP contribution in [0.5, 0.6) is 0 Å². The lowest BCUT2D eigenvalue weighted by atomic mass is 9.47. The maximum atomic E-state index is 11.9. The molecule has 0 N–H and O–H groups in total. The average Bonchev–Trinajstić information content (AvgIpc) is 3.15. The Balaban J connectivity index is 1.49. The van der Waals surface area contributed by atoms with Gasteiger partial charge >= 0.3 is 0 Å². The van der Waals surface area contributed by atoms with Gasteiger partial charge in [0.25, 0.3) is 0 Å². The van der Waals surface area contributed by atoms with E-state index in [0.29, 0.717) is 5.78 Å². The van der Waals surface area contributed by atoms with Crippen molar-refractivity contribution in [2.24, 2.45) is 28.6 Å². The summed E-state index contributed by atoms with van der Waals surface area (Å²) in [5.74, 6) is 2.33. The first-order chi connectivity index (χ1) is 11.5. The fraction of sp³-hybridized carbons (Fsp3) is 0.857. The molecule has 4 fully saturated rings. The smallest absolute Gasteiger partial charge is 0.174 e. The highest BCUT2D eigenvalue weighted by molar-refractivity contribution is 5.91. The van der Waals surface area contributed by atoms with E-state index < -0.39 is 0 Å². The Morgan fingerprint density at radius 3 is 2.50 bits per heavy atom. The number of carbonyl (C=O) groups is 1. The zero-order valence-electron chi connectivity index (χ0n) is 15.1. The predicted molar refractivity (Wildman–Crippen MR) is 91.3 cm³/mol. The van der Waals surface area contributed by atoms with Crippen molar-refractivity contribution in [1.82, 2.24) is 0 Å². The fourth-order valence-corrected chi connectivity index (χ4v) is 7.44. The van der Waals surface area contributed by atoms with E-state index in [4.69, 9.17) is 9.47 Å². The highest BCUT2D eigenvalue weighted by atomic mass is 16.7. The molecular formula is C21H30O3. The molecule has 1 heterocycles. The first kappa shape index (κ1) is 15.6. The van der Waals surface area contributed by atoms with E-state index in [0.717, 1.165) is 56.7 Å². The zero-order valence-corrected chi connectivity index (χ0v) is 15.1. The second-order valence-electron chi connectivity index (χ2n) is 9.41. The summed E-state index contributed by atoms with van der Waals surface area (Å²) in [6.45, 7) is 6.44. The largest absolute Gasteiger partial charge is 0.347 e. The van der Waals surface area contributed by atoms with E-state index in [1.165, 1.54) is 31.3 Å². The molecule has 1 spiro atoms. The molecule has 0 bridgehead atoms. The molecule has 4 aliphatic carbocycles. The van der Waals surface area contributed by atoms with Gasteiger partial charge in [-0.25, -0.2) is 0 Å². The molecule has 5 aliphatic rings. The van der Waals surface area contributed by atoms with E-state index in [9.17, 15) is 4.79 Å². The van der Waals surface area contributed by atoms with Crippen molar-refractivity contribution >= 4 is 5.78 Å². The standard InChI is InChI=1S/C21H30O3/c1-19-8-5-15(22)13-14(19)3-4-16-17(19)6-9-20(2)18(16)7-10-21(20)23-11-12-24-21/h13,16-18H,3-12H2,1-2H3/t16?,17-,18-,19-,20-/m0/s1. The lowest BCUT2D eigenvalue weighted by Crippen LogP contribution is -2.55. The molecule has 5 atom stereocenters. The molecule has 0 aromatic rings. The number of fused-ring (bicyclic) bond motifs is 6. The van der Waals surface area contributed by atoms with Crippen molar-refractivity contribution in [1.29, 1.82) is 0 Å². The summed E-state index contributed by atoms with van der Waals surface area (Å²) >= 11 is 0. The van der Waals surface area contributed by atoms with Crippen molar-refractivity contribution in [3.63, 3.8) is 0 Å². The van der Waals surface area contributed by atoms with Crippen LogP contribution in [0.2, 0.25) is 0 Å². The Morgan fingerprint density at radius 1 is 0.958 bits per heavy atom. The third-order valence-electron chi connectivity index (χ3n) is 8.76. The van der Waals surface area contributed by atoms with E-state index in [-0.39, 0.29) is 16.6 Å². The van der Waals surface area contributed by atoms with Crippen LogP contribution in [0.1, 0.15) is 65.2 Å². The van der Waals surface area contributed by atoms with Gasteiger partial charge in [0.05, 0.1) is 13.2 Å². The van der Waals surface area contributed by atoms with E-state index >= 15 is 0 Å². The quantitative estimate of drug-likeness (QED) is 0.666. The molecule has 3 nitrogen and oxygen atoms in total. The van der Waals surface area contributed by atoms with Crippen LogP contribution in [0.15, 0.2) is 11.6 Å². The van der Waals surface area contributed by atoms with Crippen LogP contribution in [0.25, 0.3) is 0 Å². The fourth-order valence-electron chi connectivity index (χ4n) is 7.44. The van der Waals surface area contributed by atoms with E-state index in [2.05, 4.69) is 13.8 Å². The summed E-state index contributed by atoms with van der Waals surface area (Å²) in [6.07, 6.45) is 11.0. The van der Waals surface area contributed by atoms with Crippen LogP contribution >= 0.6 is 0 Å². The lowest BCUT2D eigenvalue weighted by molar-refractivity contribution is -0.242. The van der Waals surface area contributed by atoms with Crippen LogP contribution in [0.3, 0.4) is 0 Å². The summed E-state index contributed by atoms with van der Waals surface area (Å²) in [7, 11) is 0. The maximum Gasteiger partial charge on any atom is 0.174 e. The van der Waals surface area contributed by atoms with Crippen molar-refractivity contribution in [3.05, 3.63) is 11.6 Å². The number of allylic oxidation sites excluding steroid dienone is 1. The highest BCUT2D eigenvalue weighted by Gasteiger charge is 2.66. The summed E-state index contributed by atoms with van der Waals surface area (Å²) in [4.78, 5) is 11.9.